The fourth-order valence-corrected chi connectivity index (χ4v) is 3.67. The van der Waals surface area contributed by atoms with Crippen molar-refractivity contribution in [2.24, 2.45) is 0 Å². The summed E-state index contributed by atoms with van der Waals surface area (Å²) in [5, 5.41) is 3.99. The number of aromatic nitrogens is 2. The number of anilines is 2. The van der Waals surface area contributed by atoms with E-state index in [1.54, 1.807) is 6.33 Å². The van der Waals surface area contributed by atoms with Crippen molar-refractivity contribution in [3.63, 3.8) is 0 Å². The normalized spacial score (nSPS) is 15.1. The lowest BCUT2D eigenvalue weighted by molar-refractivity contribution is -0.117. The van der Waals surface area contributed by atoms with E-state index in [9.17, 15) is 4.79 Å². The molecule has 3 aromatic rings. The summed E-state index contributed by atoms with van der Waals surface area (Å²) in [5.41, 5.74) is 1.77. The molecule has 1 aromatic heterocycles. The van der Waals surface area contributed by atoms with Crippen LogP contribution in [0.4, 0.5) is 11.5 Å². The Labute approximate surface area is 166 Å². The van der Waals surface area contributed by atoms with E-state index in [1.807, 2.05) is 42.5 Å². The van der Waals surface area contributed by atoms with Crippen molar-refractivity contribution in [2.75, 3.05) is 42.9 Å². The van der Waals surface area contributed by atoms with E-state index in [-0.39, 0.29) is 5.91 Å². The molecular weight excluding hydrogens is 406 g/mol. The van der Waals surface area contributed by atoms with Crippen molar-refractivity contribution >= 4 is 44.2 Å². The van der Waals surface area contributed by atoms with Gasteiger partial charge in [0.05, 0.1) is 12.1 Å². The molecule has 1 N–H and O–H groups in total. The zero-order chi connectivity index (χ0) is 18.6. The average molecular weight is 426 g/mol. The number of nitrogens with zero attached hydrogens (tertiary/aromatic N) is 4. The Balaban J connectivity index is 1.38. The summed E-state index contributed by atoms with van der Waals surface area (Å²) in [6.45, 7) is 3.71. The third kappa shape index (κ3) is 4.26. The molecule has 1 amide bonds. The molecular formula is C20H20BrN5O. The van der Waals surface area contributed by atoms with Crippen LogP contribution in [0.15, 0.2) is 59.3 Å². The van der Waals surface area contributed by atoms with E-state index in [1.165, 1.54) is 0 Å². The molecule has 1 aliphatic rings. The number of piperazine rings is 1. The van der Waals surface area contributed by atoms with E-state index in [0.29, 0.717) is 6.54 Å². The third-order valence-electron chi connectivity index (χ3n) is 4.67. The number of para-hydroxylation sites is 1. The van der Waals surface area contributed by atoms with Gasteiger partial charge in [0.2, 0.25) is 5.91 Å². The van der Waals surface area contributed by atoms with Crippen molar-refractivity contribution in [1.29, 1.82) is 0 Å². The highest BCUT2D eigenvalue weighted by Crippen LogP contribution is 2.26. The van der Waals surface area contributed by atoms with Crippen LogP contribution in [0, 0.1) is 0 Å². The molecule has 0 unspecified atom stereocenters. The fraction of sp³-hybridized carbons (Fsp3) is 0.250. The Morgan fingerprint density at radius 1 is 1.04 bits per heavy atom. The molecule has 0 atom stereocenters. The Kier molecular flexibility index (Phi) is 5.31. The van der Waals surface area contributed by atoms with Gasteiger partial charge in [0, 0.05) is 41.7 Å². The van der Waals surface area contributed by atoms with E-state index in [0.717, 1.165) is 53.1 Å². The molecule has 0 aliphatic carbocycles. The molecule has 27 heavy (non-hydrogen) atoms. The highest BCUT2D eigenvalue weighted by molar-refractivity contribution is 9.10. The summed E-state index contributed by atoms with van der Waals surface area (Å²) in [4.78, 5) is 25.6. The lowest BCUT2D eigenvalue weighted by Gasteiger charge is -2.35. The largest absolute Gasteiger partial charge is 0.353 e. The van der Waals surface area contributed by atoms with Gasteiger partial charge in [-0.05, 0) is 30.3 Å². The second kappa shape index (κ2) is 8.02. The van der Waals surface area contributed by atoms with Gasteiger partial charge in [-0.15, -0.1) is 0 Å². The van der Waals surface area contributed by atoms with Crippen LogP contribution in [0.3, 0.4) is 0 Å². The van der Waals surface area contributed by atoms with Gasteiger partial charge in [-0.3, -0.25) is 9.69 Å². The van der Waals surface area contributed by atoms with Gasteiger partial charge < -0.3 is 10.2 Å². The van der Waals surface area contributed by atoms with Crippen molar-refractivity contribution in [3.8, 4) is 0 Å². The first-order chi connectivity index (χ1) is 13.2. The molecule has 2 heterocycles. The van der Waals surface area contributed by atoms with Crippen molar-refractivity contribution in [1.82, 2.24) is 14.9 Å². The predicted molar refractivity (Wildman–Crippen MR) is 111 cm³/mol. The number of carbonyl (C=O) groups excluding carboxylic acids is 1. The van der Waals surface area contributed by atoms with Gasteiger partial charge in [-0.1, -0.05) is 34.1 Å². The maximum absolute atomic E-state index is 12.3. The minimum absolute atomic E-state index is 0.0195. The molecule has 6 nitrogen and oxygen atoms in total. The van der Waals surface area contributed by atoms with Crippen LogP contribution in [-0.2, 0) is 4.79 Å². The van der Waals surface area contributed by atoms with Crippen LogP contribution in [0.2, 0.25) is 0 Å². The number of amides is 1. The van der Waals surface area contributed by atoms with E-state index in [4.69, 9.17) is 0 Å². The summed E-state index contributed by atoms with van der Waals surface area (Å²) < 4.78 is 1.02. The highest BCUT2D eigenvalue weighted by Gasteiger charge is 2.21. The lowest BCUT2D eigenvalue weighted by Crippen LogP contribution is -2.49. The Morgan fingerprint density at radius 2 is 1.81 bits per heavy atom. The molecule has 7 heteroatoms. The van der Waals surface area contributed by atoms with Crippen molar-refractivity contribution in [3.05, 3.63) is 59.3 Å². The standard InChI is InChI=1S/C20H20BrN5O/c21-15-6-7-18-17(12-15)20(23-14-22-18)26-10-8-25(9-11-26)13-19(27)24-16-4-2-1-3-5-16/h1-7,12,14H,8-11,13H2,(H,24,27). The van der Waals surface area contributed by atoms with Crippen LogP contribution in [-0.4, -0.2) is 53.5 Å². The molecule has 0 radical (unpaired) electrons. The Hall–Kier alpha value is -2.51. The van der Waals surface area contributed by atoms with E-state index >= 15 is 0 Å². The van der Waals surface area contributed by atoms with Crippen molar-refractivity contribution in [2.45, 2.75) is 0 Å². The summed E-state index contributed by atoms with van der Waals surface area (Å²) in [5.74, 6) is 0.973. The maximum atomic E-state index is 12.3. The van der Waals surface area contributed by atoms with Crippen LogP contribution in [0.1, 0.15) is 0 Å². The number of benzene rings is 2. The second-order valence-corrected chi connectivity index (χ2v) is 7.45. The second-order valence-electron chi connectivity index (χ2n) is 6.54. The first-order valence-corrected chi connectivity index (χ1v) is 9.71. The Morgan fingerprint density at radius 3 is 2.59 bits per heavy atom. The molecule has 2 aromatic carbocycles. The minimum Gasteiger partial charge on any atom is -0.353 e. The van der Waals surface area contributed by atoms with Gasteiger partial charge in [-0.2, -0.15) is 0 Å². The smallest absolute Gasteiger partial charge is 0.238 e. The van der Waals surface area contributed by atoms with Crippen LogP contribution < -0.4 is 10.2 Å². The quantitative estimate of drug-likeness (QED) is 0.695. The molecule has 4 rings (SSSR count). The predicted octanol–water partition coefficient (Wildman–Crippen LogP) is 3.15. The van der Waals surface area contributed by atoms with Gasteiger partial charge in [0.1, 0.15) is 12.1 Å². The highest BCUT2D eigenvalue weighted by atomic mass is 79.9. The zero-order valence-electron chi connectivity index (χ0n) is 14.8. The topological polar surface area (TPSA) is 61.4 Å². The van der Waals surface area contributed by atoms with E-state index in [2.05, 4.69) is 47.1 Å². The van der Waals surface area contributed by atoms with Crippen molar-refractivity contribution < 1.29 is 4.79 Å². The summed E-state index contributed by atoms with van der Waals surface area (Å²) >= 11 is 3.53. The summed E-state index contributed by atoms with van der Waals surface area (Å²) in [6.07, 6.45) is 1.62. The number of nitrogens with one attached hydrogen (secondary N) is 1. The number of fused-ring (bicyclic) bond motifs is 1. The molecule has 1 aliphatic heterocycles. The molecule has 0 spiro atoms. The SMILES string of the molecule is O=C(CN1CCN(c2ncnc3ccc(Br)cc23)CC1)Nc1ccccc1. The molecule has 0 bridgehead atoms. The van der Waals surface area contributed by atoms with Crippen LogP contribution in [0.25, 0.3) is 10.9 Å². The third-order valence-corrected chi connectivity index (χ3v) is 5.17. The summed E-state index contributed by atoms with van der Waals surface area (Å²) in [6, 6.07) is 15.6. The van der Waals surface area contributed by atoms with Gasteiger partial charge in [0.25, 0.3) is 0 Å². The molecule has 138 valence electrons. The van der Waals surface area contributed by atoms with Crippen LogP contribution in [0.5, 0.6) is 0 Å². The molecule has 1 saturated heterocycles. The number of rotatable bonds is 4. The molecule has 1 fully saturated rings. The zero-order valence-corrected chi connectivity index (χ0v) is 16.4. The number of hydrogen-bond acceptors (Lipinski definition) is 5. The number of carbonyl (C=O) groups is 1. The maximum Gasteiger partial charge on any atom is 0.238 e. The first-order valence-electron chi connectivity index (χ1n) is 8.91. The lowest BCUT2D eigenvalue weighted by atomic mass is 10.2. The minimum atomic E-state index is 0.0195. The number of halogens is 1. The summed E-state index contributed by atoms with van der Waals surface area (Å²) in [7, 11) is 0. The number of hydrogen-bond donors (Lipinski definition) is 1. The van der Waals surface area contributed by atoms with E-state index < -0.39 is 0 Å². The van der Waals surface area contributed by atoms with Gasteiger partial charge in [0.15, 0.2) is 0 Å². The van der Waals surface area contributed by atoms with Gasteiger partial charge in [-0.25, -0.2) is 9.97 Å². The average Bonchev–Trinajstić information content (AvgIpc) is 2.69. The van der Waals surface area contributed by atoms with Gasteiger partial charge >= 0.3 is 0 Å². The fourth-order valence-electron chi connectivity index (χ4n) is 3.31. The first kappa shape index (κ1) is 17.9. The monoisotopic (exact) mass is 425 g/mol. The molecule has 0 saturated carbocycles. The Bertz CT molecular complexity index is 942. The van der Waals surface area contributed by atoms with Crippen LogP contribution >= 0.6 is 15.9 Å².